The molecule has 2 aliphatic heterocycles. The molecule has 124 valence electrons. The Morgan fingerprint density at radius 2 is 1.86 bits per heavy atom. The number of carbonyl (C=O) groups excluding carboxylic acids is 2. The highest BCUT2D eigenvalue weighted by Gasteiger charge is 2.55. The van der Waals surface area contributed by atoms with Crippen LogP contribution in [0.3, 0.4) is 0 Å². The first-order valence-corrected chi connectivity index (χ1v) is 8.88. The average Bonchev–Trinajstić information content (AvgIpc) is 3.29. The molecule has 3 amide bonds. The van der Waals surface area contributed by atoms with E-state index in [1.165, 1.54) is 4.90 Å². The summed E-state index contributed by atoms with van der Waals surface area (Å²) in [5.74, 6) is 1.41. The van der Waals surface area contributed by atoms with Gasteiger partial charge in [0.25, 0.3) is 5.91 Å². The average molecular weight is 307 g/mol. The lowest BCUT2D eigenvalue weighted by Crippen LogP contribution is -2.56. The van der Waals surface area contributed by atoms with Gasteiger partial charge in [-0.3, -0.25) is 9.69 Å². The number of nitrogens with zero attached hydrogens (tertiary/aromatic N) is 1. The van der Waals surface area contributed by atoms with Crippen LogP contribution in [0.1, 0.15) is 52.4 Å². The van der Waals surface area contributed by atoms with Crippen LogP contribution in [0.25, 0.3) is 0 Å². The van der Waals surface area contributed by atoms with Crippen LogP contribution in [-0.2, 0) is 4.79 Å². The van der Waals surface area contributed by atoms with Gasteiger partial charge >= 0.3 is 6.03 Å². The predicted molar refractivity (Wildman–Crippen MR) is 85.4 cm³/mol. The third-order valence-electron chi connectivity index (χ3n) is 5.49. The number of imide groups is 1. The quantitative estimate of drug-likeness (QED) is 0.739. The molecule has 2 N–H and O–H groups in total. The summed E-state index contributed by atoms with van der Waals surface area (Å²) in [5.41, 5.74) is -0.641. The first kappa shape index (κ1) is 15.8. The van der Waals surface area contributed by atoms with E-state index in [2.05, 4.69) is 24.5 Å². The molecule has 1 aliphatic carbocycles. The van der Waals surface area contributed by atoms with E-state index in [-0.39, 0.29) is 17.9 Å². The number of urea groups is 1. The lowest BCUT2D eigenvalue weighted by molar-refractivity contribution is -0.134. The summed E-state index contributed by atoms with van der Waals surface area (Å²) in [6.07, 6.45) is 6.02. The Kier molecular flexibility index (Phi) is 4.44. The van der Waals surface area contributed by atoms with Crippen molar-refractivity contribution in [2.24, 2.45) is 17.8 Å². The zero-order valence-electron chi connectivity index (χ0n) is 13.9. The van der Waals surface area contributed by atoms with Crippen molar-refractivity contribution in [2.45, 2.75) is 57.9 Å². The van der Waals surface area contributed by atoms with Crippen molar-refractivity contribution in [3.63, 3.8) is 0 Å². The van der Waals surface area contributed by atoms with Crippen LogP contribution < -0.4 is 10.6 Å². The summed E-state index contributed by atoms with van der Waals surface area (Å²) in [6, 6.07) is -0.154. The molecule has 5 heteroatoms. The zero-order valence-corrected chi connectivity index (χ0v) is 13.9. The smallest absolute Gasteiger partial charge is 0.323 e. The minimum Gasteiger partial charge on any atom is -0.323 e. The predicted octanol–water partition coefficient (Wildman–Crippen LogP) is 2.12. The minimum atomic E-state index is -0.641. The number of rotatable bonds is 6. The van der Waals surface area contributed by atoms with Crippen LogP contribution in [0.5, 0.6) is 0 Å². The maximum absolute atomic E-state index is 13.1. The van der Waals surface area contributed by atoms with Crippen molar-refractivity contribution in [1.29, 1.82) is 0 Å². The van der Waals surface area contributed by atoms with Gasteiger partial charge in [-0.15, -0.1) is 0 Å². The number of hydrogen-bond acceptors (Lipinski definition) is 3. The van der Waals surface area contributed by atoms with Crippen LogP contribution in [0.4, 0.5) is 4.79 Å². The molecule has 2 heterocycles. The largest absolute Gasteiger partial charge is 0.325 e. The monoisotopic (exact) mass is 307 g/mol. The molecule has 0 aromatic rings. The van der Waals surface area contributed by atoms with Crippen molar-refractivity contribution in [2.75, 3.05) is 19.6 Å². The molecule has 3 aliphatic rings. The zero-order chi connectivity index (χ0) is 15.7. The second-order valence-electron chi connectivity index (χ2n) is 7.72. The number of hydrogen-bond donors (Lipinski definition) is 2. The highest BCUT2D eigenvalue weighted by atomic mass is 16.2. The third kappa shape index (κ3) is 3.00. The van der Waals surface area contributed by atoms with Crippen LogP contribution in [-0.4, -0.2) is 42.0 Å². The maximum atomic E-state index is 13.1. The van der Waals surface area contributed by atoms with Gasteiger partial charge in [0.2, 0.25) is 0 Å². The van der Waals surface area contributed by atoms with Crippen molar-refractivity contribution < 1.29 is 9.59 Å². The lowest BCUT2D eigenvalue weighted by Gasteiger charge is -2.38. The van der Waals surface area contributed by atoms with Gasteiger partial charge in [0, 0.05) is 6.54 Å². The molecule has 1 saturated carbocycles. The van der Waals surface area contributed by atoms with Crippen LogP contribution in [0.15, 0.2) is 0 Å². The molecule has 3 fully saturated rings. The Morgan fingerprint density at radius 1 is 1.18 bits per heavy atom. The number of piperidine rings is 1. The molecule has 1 atom stereocenters. The number of nitrogens with one attached hydrogen (secondary N) is 2. The summed E-state index contributed by atoms with van der Waals surface area (Å²) < 4.78 is 0. The van der Waals surface area contributed by atoms with E-state index in [1.54, 1.807) is 0 Å². The summed E-state index contributed by atoms with van der Waals surface area (Å²) >= 11 is 0. The highest BCUT2D eigenvalue weighted by molar-refractivity contribution is 6.07. The highest BCUT2D eigenvalue weighted by Crippen LogP contribution is 2.38. The summed E-state index contributed by atoms with van der Waals surface area (Å²) in [7, 11) is 0. The third-order valence-corrected chi connectivity index (χ3v) is 5.49. The van der Waals surface area contributed by atoms with E-state index in [9.17, 15) is 9.59 Å². The molecule has 0 radical (unpaired) electrons. The van der Waals surface area contributed by atoms with Gasteiger partial charge in [0.1, 0.15) is 5.54 Å². The summed E-state index contributed by atoms with van der Waals surface area (Å²) in [4.78, 5) is 27.1. The van der Waals surface area contributed by atoms with E-state index in [4.69, 9.17) is 0 Å². The maximum Gasteiger partial charge on any atom is 0.325 e. The molecule has 5 nitrogen and oxygen atoms in total. The van der Waals surface area contributed by atoms with Gasteiger partial charge < -0.3 is 10.6 Å². The molecule has 0 spiro atoms. The topological polar surface area (TPSA) is 61.4 Å². The first-order chi connectivity index (χ1) is 10.5. The molecule has 22 heavy (non-hydrogen) atoms. The molecule has 2 saturated heterocycles. The van der Waals surface area contributed by atoms with Crippen molar-refractivity contribution in [3.05, 3.63) is 0 Å². The molecule has 0 unspecified atom stereocenters. The van der Waals surface area contributed by atoms with Crippen LogP contribution in [0, 0.1) is 17.8 Å². The van der Waals surface area contributed by atoms with E-state index in [1.807, 2.05) is 0 Å². The fourth-order valence-corrected chi connectivity index (χ4v) is 3.85. The van der Waals surface area contributed by atoms with E-state index >= 15 is 0 Å². The van der Waals surface area contributed by atoms with Crippen LogP contribution in [0.2, 0.25) is 0 Å². The van der Waals surface area contributed by atoms with Gasteiger partial charge in [-0.05, 0) is 69.4 Å². The van der Waals surface area contributed by atoms with Gasteiger partial charge in [-0.2, -0.15) is 0 Å². The lowest BCUT2D eigenvalue weighted by atomic mass is 9.74. The van der Waals surface area contributed by atoms with Crippen molar-refractivity contribution in [1.82, 2.24) is 15.5 Å². The SMILES string of the molecule is CC(C)CC[C@@]1(C2CCNCC2)NC(=O)N(CC2CC2)C1=O. The Labute approximate surface area is 133 Å². The van der Waals surface area contributed by atoms with E-state index < -0.39 is 5.54 Å². The summed E-state index contributed by atoms with van der Waals surface area (Å²) in [5, 5.41) is 6.50. The second-order valence-corrected chi connectivity index (χ2v) is 7.72. The second kappa shape index (κ2) is 6.19. The Hall–Kier alpha value is -1.10. The molecular formula is C17H29N3O2. The Morgan fingerprint density at radius 3 is 2.45 bits per heavy atom. The van der Waals surface area contributed by atoms with Gasteiger partial charge in [-0.25, -0.2) is 4.79 Å². The fourth-order valence-electron chi connectivity index (χ4n) is 3.85. The van der Waals surface area contributed by atoms with Crippen molar-refractivity contribution in [3.8, 4) is 0 Å². The molecular weight excluding hydrogens is 278 g/mol. The number of carbonyl (C=O) groups is 2. The first-order valence-electron chi connectivity index (χ1n) is 8.88. The van der Waals surface area contributed by atoms with Gasteiger partial charge in [-0.1, -0.05) is 13.8 Å². The minimum absolute atomic E-state index is 0.0527. The van der Waals surface area contributed by atoms with E-state index in [0.29, 0.717) is 18.4 Å². The Balaban J connectivity index is 1.80. The molecule has 0 aromatic heterocycles. The molecule has 3 rings (SSSR count). The van der Waals surface area contributed by atoms with E-state index in [0.717, 1.165) is 51.6 Å². The summed E-state index contributed by atoms with van der Waals surface area (Å²) in [6.45, 7) is 6.87. The Bertz CT molecular complexity index is 441. The van der Waals surface area contributed by atoms with Crippen LogP contribution >= 0.6 is 0 Å². The fraction of sp³-hybridized carbons (Fsp3) is 0.882. The van der Waals surface area contributed by atoms with Gasteiger partial charge in [0.05, 0.1) is 0 Å². The molecule has 0 aromatic carbocycles. The van der Waals surface area contributed by atoms with Crippen molar-refractivity contribution >= 4 is 11.9 Å². The standard InChI is InChI=1S/C17H29N3O2/c1-12(2)5-8-17(14-6-9-18-10-7-14)15(21)20(16(22)19-17)11-13-3-4-13/h12-14,18H,3-11H2,1-2H3,(H,19,22)/t17-/m0/s1. The molecule has 0 bridgehead atoms. The number of amides is 3. The normalized spacial score (nSPS) is 30.2. The van der Waals surface area contributed by atoms with Gasteiger partial charge in [0.15, 0.2) is 0 Å².